The zero-order chi connectivity index (χ0) is 23.6. The fraction of sp³-hybridized carbons (Fsp3) is 1.00. The third kappa shape index (κ3) is 3.62. The lowest BCUT2D eigenvalue weighted by atomic mass is 9.64. The Kier molecular flexibility index (Phi) is 6.54. The highest BCUT2D eigenvalue weighted by Gasteiger charge is 2.85. The first-order chi connectivity index (χ1) is 14.1. The number of ether oxygens (including phenoxy) is 2. The highest BCUT2D eigenvalue weighted by Crippen LogP contribution is 2.70. The summed E-state index contributed by atoms with van der Waals surface area (Å²) in [6.45, 7) is 8.78. The maximum absolute atomic E-state index is 16.1. The van der Waals surface area contributed by atoms with Gasteiger partial charge in [-0.05, 0) is 55.8 Å². The molecule has 0 saturated heterocycles. The van der Waals surface area contributed by atoms with E-state index in [4.69, 9.17) is 9.47 Å². The summed E-state index contributed by atoms with van der Waals surface area (Å²) in [7, 11) is 0. The van der Waals surface area contributed by atoms with Crippen LogP contribution in [0.2, 0.25) is 0 Å². The van der Waals surface area contributed by atoms with E-state index in [0.717, 1.165) is 12.8 Å². The van der Waals surface area contributed by atoms with Crippen LogP contribution in [-0.4, -0.2) is 36.3 Å². The van der Waals surface area contributed by atoms with Crippen LogP contribution in [0.25, 0.3) is 0 Å². The highest BCUT2D eigenvalue weighted by molar-refractivity contribution is 5.25. The fourth-order valence-electron chi connectivity index (χ4n) is 6.57. The van der Waals surface area contributed by atoms with Crippen molar-refractivity contribution in [3.63, 3.8) is 0 Å². The molecule has 0 amide bonds. The summed E-state index contributed by atoms with van der Waals surface area (Å²) in [6.07, 6.45) is -3.38. The zero-order valence-electron chi connectivity index (χ0n) is 19.2. The summed E-state index contributed by atoms with van der Waals surface area (Å²) in [5, 5.41) is 0. The molecule has 3 aliphatic carbocycles. The van der Waals surface area contributed by atoms with Crippen LogP contribution in [0, 0.1) is 41.4 Å². The second-order valence-corrected chi connectivity index (χ2v) is 10.8. The predicted octanol–water partition coefficient (Wildman–Crippen LogP) is 7.02. The molecular weight excluding hydrogens is 422 g/mol. The third-order valence-electron chi connectivity index (χ3n) is 8.89. The van der Waals surface area contributed by atoms with Crippen molar-refractivity contribution in [3.8, 4) is 0 Å². The number of alkyl halides is 6. The van der Waals surface area contributed by atoms with Crippen molar-refractivity contribution in [1.82, 2.24) is 0 Å². The van der Waals surface area contributed by atoms with Gasteiger partial charge in [0, 0.05) is 11.8 Å². The van der Waals surface area contributed by atoms with Crippen LogP contribution < -0.4 is 0 Å². The second-order valence-electron chi connectivity index (χ2n) is 10.8. The number of hydrogen-bond acceptors (Lipinski definition) is 2. The Balaban J connectivity index is 1.84. The van der Waals surface area contributed by atoms with E-state index in [1.807, 2.05) is 20.8 Å². The minimum atomic E-state index is -5.32. The van der Waals surface area contributed by atoms with Gasteiger partial charge in [0.25, 0.3) is 5.92 Å². The zero-order valence-corrected chi connectivity index (χ0v) is 19.2. The van der Waals surface area contributed by atoms with Crippen molar-refractivity contribution >= 4 is 0 Å². The maximum atomic E-state index is 16.1. The SMILES string of the molecule is CC1CCC(C(C)C)C(OCOC(C)(C(F)(F)F)C2(F)C3CC(C(C)C3C)C2(F)F)C1. The summed E-state index contributed by atoms with van der Waals surface area (Å²) >= 11 is 0. The monoisotopic (exact) mass is 458 g/mol. The quantitative estimate of drug-likeness (QED) is 0.314. The lowest BCUT2D eigenvalue weighted by Gasteiger charge is -2.51. The average Bonchev–Trinajstić information content (AvgIpc) is 3.06. The van der Waals surface area contributed by atoms with Crippen molar-refractivity contribution in [1.29, 1.82) is 0 Å². The molecule has 2 bridgehead atoms. The number of fused-ring (bicyclic) bond motifs is 2. The molecule has 9 unspecified atom stereocenters. The Morgan fingerprint density at radius 2 is 1.52 bits per heavy atom. The molecule has 182 valence electrons. The Labute approximate surface area is 181 Å². The van der Waals surface area contributed by atoms with E-state index in [1.54, 1.807) is 13.8 Å². The Hall–Kier alpha value is -0.500. The molecule has 9 atom stereocenters. The van der Waals surface area contributed by atoms with Gasteiger partial charge in [-0.15, -0.1) is 0 Å². The smallest absolute Gasteiger partial charge is 0.352 e. The molecule has 8 heteroatoms. The first-order valence-electron chi connectivity index (χ1n) is 11.5. The molecule has 3 aliphatic rings. The molecule has 0 aromatic rings. The van der Waals surface area contributed by atoms with Crippen molar-refractivity contribution in [2.24, 2.45) is 41.4 Å². The van der Waals surface area contributed by atoms with E-state index in [9.17, 15) is 13.2 Å². The summed E-state index contributed by atoms with van der Waals surface area (Å²) in [6, 6.07) is 0. The minimum absolute atomic E-state index is 0.140. The average molecular weight is 459 g/mol. The Morgan fingerprint density at radius 1 is 0.935 bits per heavy atom. The Morgan fingerprint density at radius 3 is 2.03 bits per heavy atom. The standard InChI is InChI=1S/C23H36F6O2/c1-12(2)16-8-7-13(3)9-19(16)30-11-31-20(6,23(27,28)29)21(24)17-10-18(22(21,25)26)15(5)14(17)4/h12-19H,7-11H2,1-6H3. The molecule has 3 fully saturated rings. The molecule has 0 spiro atoms. The molecule has 0 aromatic carbocycles. The number of rotatable bonds is 6. The van der Waals surface area contributed by atoms with Crippen molar-refractivity contribution in [2.45, 2.75) is 96.7 Å². The highest BCUT2D eigenvalue weighted by atomic mass is 19.4. The first-order valence-corrected chi connectivity index (χ1v) is 11.5. The molecule has 0 N–H and O–H groups in total. The van der Waals surface area contributed by atoms with Gasteiger partial charge in [-0.3, -0.25) is 0 Å². The van der Waals surface area contributed by atoms with E-state index in [1.165, 1.54) is 0 Å². The van der Waals surface area contributed by atoms with Gasteiger partial charge < -0.3 is 9.47 Å². The summed E-state index contributed by atoms with van der Waals surface area (Å²) in [4.78, 5) is 0. The maximum Gasteiger partial charge on any atom is 0.420 e. The Bertz CT molecular complexity index is 652. The van der Waals surface area contributed by atoms with Gasteiger partial charge in [-0.25, -0.2) is 13.2 Å². The number of hydrogen-bond donors (Lipinski definition) is 0. The van der Waals surface area contributed by atoms with Gasteiger partial charge >= 0.3 is 6.18 Å². The van der Waals surface area contributed by atoms with E-state index >= 15 is 13.2 Å². The largest absolute Gasteiger partial charge is 0.420 e. The molecular formula is C23H36F6O2. The van der Waals surface area contributed by atoms with Gasteiger partial charge in [0.05, 0.1) is 6.10 Å². The van der Waals surface area contributed by atoms with Gasteiger partial charge in [-0.2, -0.15) is 13.2 Å². The normalized spacial score (nSPS) is 44.6. The van der Waals surface area contributed by atoms with E-state index in [2.05, 4.69) is 0 Å². The first kappa shape index (κ1) is 25.1. The van der Waals surface area contributed by atoms with Crippen molar-refractivity contribution in [3.05, 3.63) is 0 Å². The molecule has 0 aliphatic heterocycles. The van der Waals surface area contributed by atoms with E-state index in [-0.39, 0.29) is 24.4 Å². The van der Waals surface area contributed by atoms with Gasteiger partial charge in [0.2, 0.25) is 11.3 Å². The van der Waals surface area contributed by atoms with Crippen LogP contribution in [0.3, 0.4) is 0 Å². The van der Waals surface area contributed by atoms with Crippen LogP contribution in [0.1, 0.15) is 67.2 Å². The van der Waals surface area contributed by atoms with Gasteiger partial charge in [-0.1, -0.05) is 41.0 Å². The van der Waals surface area contributed by atoms with E-state index < -0.39 is 53.8 Å². The summed E-state index contributed by atoms with van der Waals surface area (Å²) in [5.74, 6) is -7.37. The molecule has 0 heterocycles. The molecule has 0 radical (unpaired) electrons. The van der Waals surface area contributed by atoms with Crippen LogP contribution in [0.15, 0.2) is 0 Å². The van der Waals surface area contributed by atoms with E-state index in [0.29, 0.717) is 19.3 Å². The molecule has 2 nitrogen and oxygen atoms in total. The second kappa shape index (κ2) is 8.07. The molecule has 3 rings (SSSR count). The lowest BCUT2D eigenvalue weighted by molar-refractivity contribution is -0.377. The fourth-order valence-corrected chi connectivity index (χ4v) is 6.57. The third-order valence-corrected chi connectivity index (χ3v) is 8.89. The van der Waals surface area contributed by atoms with Crippen LogP contribution in [-0.2, 0) is 9.47 Å². The molecule has 31 heavy (non-hydrogen) atoms. The predicted molar refractivity (Wildman–Crippen MR) is 105 cm³/mol. The van der Waals surface area contributed by atoms with Gasteiger partial charge in [0.1, 0.15) is 6.79 Å². The van der Waals surface area contributed by atoms with Crippen molar-refractivity contribution < 1.29 is 35.8 Å². The lowest BCUT2D eigenvalue weighted by Crippen LogP contribution is -2.71. The van der Waals surface area contributed by atoms with Gasteiger partial charge in [0.15, 0.2) is 0 Å². The minimum Gasteiger partial charge on any atom is -0.352 e. The topological polar surface area (TPSA) is 18.5 Å². The number of halogens is 6. The summed E-state index contributed by atoms with van der Waals surface area (Å²) in [5.41, 5.74) is -7.50. The van der Waals surface area contributed by atoms with Crippen LogP contribution in [0.4, 0.5) is 26.3 Å². The molecule has 0 aromatic heterocycles. The summed E-state index contributed by atoms with van der Waals surface area (Å²) < 4.78 is 99.6. The van der Waals surface area contributed by atoms with Crippen molar-refractivity contribution in [2.75, 3.05) is 6.79 Å². The van der Waals surface area contributed by atoms with Crippen LogP contribution >= 0.6 is 0 Å². The molecule has 3 saturated carbocycles. The van der Waals surface area contributed by atoms with Crippen LogP contribution in [0.5, 0.6) is 0 Å².